The molecule has 11 heteroatoms. The van der Waals surface area contributed by atoms with Gasteiger partial charge in [0.05, 0.1) is 17.3 Å². The molecule has 1 aliphatic carbocycles. The van der Waals surface area contributed by atoms with E-state index in [1.807, 2.05) is 25.9 Å². The van der Waals surface area contributed by atoms with Crippen LogP contribution in [0.25, 0.3) is 22.4 Å². The summed E-state index contributed by atoms with van der Waals surface area (Å²) in [7, 11) is 3.94. The quantitative estimate of drug-likeness (QED) is 0.211. The van der Waals surface area contributed by atoms with Crippen molar-refractivity contribution in [2.24, 2.45) is 0 Å². The van der Waals surface area contributed by atoms with Gasteiger partial charge in [-0.2, -0.15) is 0 Å². The number of aliphatic carboxylic acids is 1. The van der Waals surface area contributed by atoms with Crippen LogP contribution in [0.15, 0.2) is 48.5 Å². The molecule has 1 amide bonds. The minimum atomic E-state index is -2.74. The lowest BCUT2D eigenvalue weighted by Crippen LogP contribution is -2.55. The summed E-state index contributed by atoms with van der Waals surface area (Å²) in [6.07, 6.45) is 0.961. The fraction of sp³-hybridized carbons (Fsp3) is 0.406. The van der Waals surface area contributed by atoms with Crippen molar-refractivity contribution in [2.75, 3.05) is 27.2 Å². The van der Waals surface area contributed by atoms with Crippen molar-refractivity contribution < 1.29 is 28.2 Å². The average Bonchev–Trinajstić information content (AvgIpc) is 2.96. The van der Waals surface area contributed by atoms with E-state index in [1.54, 1.807) is 36.4 Å². The molecule has 1 heterocycles. The number of carbonyl (C=O) groups excluding carboxylic acids is 1. The summed E-state index contributed by atoms with van der Waals surface area (Å²) in [5.41, 5.74) is 0.704. The minimum Gasteiger partial charge on any atom is -0.492 e. The van der Waals surface area contributed by atoms with Gasteiger partial charge in [0.1, 0.15) is 17.0 Å². The number of hydrogen-bond donors (Lipinski definition) is 2. The van der Waals surface area contributed by atoms with Crippen molar-refractivity contribution in [3.05, 3.63) is 70.4 Å². The molecule has 7 nitrogen and oxygen atoms in total. The number of aromatic nitrogens is 1. The molecule has 0 spiro atoms. The second-order valence-corrected chi connectivity index (χ2v) is 11.4. The van der Waals surface area contributed by atoms with E-state index >= 15 is 0 Å². The smallest absolute Gasteiger partial charge is 0.329 e. The number of pyridine rings is 1. The zero-order chi connectivity index (χ0) is 30.4. The molecule has 3 aromatic rings. The first-order chi connectivity index (χ1) is 20.0. The number of halogens is 4. The number of nitrogens with zero attached hydrogens (tertiary/aromatic N) is 2. The Balaban J connectivity index is 0.00000506. The van der Waals surface area contributed by atoms with Crippen LogP contribution in [0.4, 0.5) is 8.78 Å². The molecule has 1 fully saturated rings. The van der Waals surface area contributed by atoms with Crippen molar-refractivity contribution in [3.63, 3.8) is 0 Å². The predicted molar refractivity (Wildman–Crippen MR) is 167 cm³/mol. The molecule has 4 rings (SSSR count). The van der Waals surface area contributed by atoms with Gasteiger partial charge < -0.3 is 20.1 Å². The molecule has 2 aromatic carbocycles. The third-order valence-corrected chi connectivity index (χ3v) is 7.86. The average molecular weight is 637 g/mol. The second-order valence-electron chi connectivity index (χ2n) is 11.0. The van der Waals surface area contributed by atoms with Gasteiger partial charge in [0.2, 0.25) is 0 Å². The highest BCUT2D eigenvalue weighted by Gasteiger charge is 2.41. The number of hydrogen-bond acceptors (Lipinski definition) is 5. The number of nitrogens with one attached hydrogen (secondary N) is 1. The molecular weight excluding hydrogens is 599 g/mol. The summed E-state index contributed by atoms with van der Waals surface area (Å²) < 4.78 is 34.2. The van der Waals surface area contributed by atoms with Gasteiger partial charge in [0.15, 0.2) is 0 Å². The number of rotatable bonds is 11. The van der Waals surface area contributed by atoms with Gasteiger partial charge in [0.25, 0.3) is 12.3 Å². The summed E-state index contributed by atoms with van der Waals surface area (Å²) in [5.74, 6) is -1.32. The SMILES string of the molecule is Cc1ccc(C(F)F)c(-c2ccc(C(=O)NC3(C(=O)O)CCCCC3)nc2-c2ccc(Cl)c(OCCCN(C)C)c2)c1.Cl. The molecule has 43 heavy (non-hydrogen) atoms. The van der Waals surface area contributed by atoms with Crippen molar-refractivity contribution >= 4 is 35.9 Å². The van der Waals surface area contributed by atoms with Gasteiger partial charge in [0, 0.05) is 23.2 Å². The standard InChI is InChI=1S/C32H36ClF2N3O4.ClH/c1-20-8-10-23(29(34)35)24(18-20)22-11-13-26(30(39)37-32(31(40)41)14-5-4-6-15-32)36-28(22)21-9-12-25(33)27(19-21)42-17-7-16-38(2)3;/h8-13,18-19,29H,4-7,14-17H2,1-3H3,(H,37,39)(H,40,41);1H. The monoisotopic (exact) mass is 635 g/mol. The topological polar surface area (TPSA) is 91.8 Å². The number of carboxylic acids is 1. The Morgan fingerprint density at radius 1 is 1.07 bits per heavy atom. The first-order valence-corrected chi connectivity index (χ1v) is 14.4. The van der Waals surface area contributed by atoms with E-state index in [9.17, 15) is 23.5 Å². The third kappa shape index (κ3) is 8.22. The molecule has 1 aliphatic rings. The molecule has 232 valence electrons. The zero-order valence-electron chi connectivity index (χ0n) is 24.5. The van der Waals surface area contributed by atoms with Gasteiger partial charge in [-0.15, -0.1) is 12.4 Å². The molecule has 2 N–H and O–H groups in total. The number of aryl methyl sites for hydroxylation is 1. The Hall–Kier alpha value is -3.27. The van der Waals surface area contributed by atoms with Crippen LogP contribution < -0.4 is 10.1 Å². The highest BCUT2D eigenvalue weighted by molar-refractivity contribution is 6.32. The van der Waals surface area contributed by atoms with Crippen LogP contribution in [0, 0.1) is 6.92 Å². The van der Waals surface area contributed by atoms with E-state index in [4.69, 9.17) is 16.3 Å². The van der Waals surface area contributed by atoms with Crippen LogP contribution in [0.5, 0.6) is 5.75 Å². The lowest BCUT2D eigenvalue weighted by molar-refractivity contribution is -0.145. The summed E-state index contributed by atoms with van der Waals surface area (Å²) in [6, 6.07) is 12.7. The van der Waals surface area contributed by atoms with Gasteiger partial charge in [-0.05, 0) is 70.1 Å². The van der Waals surface area contributed by atoms with Crippen molar-refractivity contribution in [2.45, 2.75) is 57.4 Å². The summed E-state index contributed by atoms with van der Waals surface area (Å²) in [4.78, 5) is 32.3. The molecule has 0 radical (unpaired) electrons. The van der Waals surface area contributed by atoms with E-state index in [0.717, 1.165) is 24.9 Å². The van der Waals surface area contributed by atoms with Crippen LogP contribution in [-0.2, 0) is 4.79 Å². The van der Waals surface area contributed by atoms with Crippen LogP contribution in [-0.4, -0.2) is 59.7 Å². The summed E-state index contributed by atoms with van der Waals surface area (Å²) >= 11 is 6.43. The van der Waals surface area contributed by atoms with Crippen molar-refractivity contribution in [1.29, 1.82) is 0 Å². The van der Waals surface area contributed by atoms with Gasteiger partial charge in [-0.3, -0.25) is 4.79 Å². The van der Waals surface area contributed by atoms with E-state index < -0.39 is 23.8 Å². The molecule has 1 aromatic heterocycles. The van der Waals surface area contributed by atoms with E-state index in [-0.39, 0.29) is 34.9 Å². The lowest BCUT2D eigenvalue weighted by Gasteiger charge is -2.33. The van der Waals surface area contributed by atoms with E-state index in [0.29, 0.717) is 54.2 Å². The maximum absolute atomic E-state index is 14.1. The number of carboxylic acid groups (broad SMARTS) is 1. The van der Waals surface area contributed by atoms with Crippen molar-refractivity contribution in [1.82, 2.24) is 15.2 Å². The largest absolute Gasteiger partial charge is 0.492 e. The number of alkyl halides is 2. The molecule has 0 saturated heterocycles. The van der Waals surface area contributed by atoms with Gasteiger partial charge in [-0.25, -0.2) is 18.6 Å². The highest BCUT2D eigenvalue weighted by Crippen LogP contribution is 2.39. The molecule has 0 bridgehead atoms. The maximum atomic E-state index is 14.1. The Labute approximate surface area is 262 Å². The second kappa shape index (κ2) is 14.9. The Kier molecular flexibility index (Phi) is 11.9. The van der Waals surface area contributed by atoms with Crippen molar-refractivity contribution in [3.8, 4) is 28.1 Å². The first-order valence-electron chi connectivity index (χ1n) is 14.0. The molecule has 0 unspecified atom stereocenters. The van der Waals surface area contributed by atoms with E-state index in [2.05, 4.69) is 10.3 Å². The Morgan fingerprint density at radius 2 is 1.79 bits per heavy atom. The lowest BCUT2D eigenvalue weighted by atomic mass is 9.81. The number of carbonyl (C=O) groups is 2. The molecule has 0 atom stereocenters. The summed E-state index contributed by atoms with van der Waals surface area (Å²) in [5, 5.41) is 13.1. The Morgan fingerprint density at radius 3 is 2.44 bits per heavy atom. The van der Waals surface area contributed by atoms with Gasteiger partial charge in [-0.1, -0.05) is 60.7 Å². The highest BCUT2D eigenvalue weighted by atomic mass is 35.5. The van der Waals surface area contributed by atoms with E-state index in [1.165, 1.54) is 12.1 Å². The minimum absolute atomic E-state index is 0. The fourth-order valence-corrected chi connectivity index (χ4v) is 5.44. The molecular formula is C32H37Cl2F2N3O4. The maximum Gasteiger partial charge on any atom is 0.329 e. The summed E-state index contributed by atoms with van der Waals surface area (Å²) in [6.45, 7) is 3.04. The van der Waals surface area contributed by atoms with Gasteiger partial charge >= 0.3 is 5.97 Å². The zero-order valence-corrected chi connectivity index (χ0v) is 26.0. The Bertz CT molecular complexity index is 1450. The van der Waals surface area contributed by atoms with Crippen LogP contribution in [0.3, 0.4) is 0 Å². The van der Waals surface area contributed by atoms with Crippen LogP contribution >= 0.6 is 24.0 Å². The normalized spacial score (nSPS) is 14.3. The first kappa shape index (κ1) is 34.2. The number of amides is 1. The van der Waals surface area contributed by atoms with Crippen LogP contribution in [0.1, 0.15) is 66.6 Å². The van der Waals surface area contributed by atoms with Crippen LogP contribution in [0.2, 0.25) is 5.02 Å². The predicted octanol–water partition coefficient (Wildman–Crippen LogP) is 7.58. The fourth-order valence-electron chi connectivity index (χ4n) is 5.27. The number of benzene rings is 2. The third-order valence-electron chi connectivity index (χ3n) is 7.54. The number of ether oxygens (including phenoxy) is 1. The molecule has 1 saturated carbocycles. The molecule has 0 aliphatic heterocycles.